The number of rotatable bonds is 3. The number of nitrogens with zero attached hydrogens (tertiary/aromatic N) is 2. The van der Waals surface area contributed by atoms with Gasteiger partial charge in [-0.05, 0) is 34.1 Å². The van der Waals surface area contributed by atoms with Gasteiger partial charge in [0.05, 0.1) is 22.5 Å². The summed E-state index contributed by atoms with van der Waals surface area (Å²) in [6, 6.07) is 0. The average molecular weight is 255 g/mol. The van der Waals surface area contributed by atoms with Gasteiger partial charge in [-0.25, -0.2) is 0 Å². The maximum absolute atomic E-state index is 8.00. The first-order valence-corrected chi connectivity index (χ1v) is 5.71. The molecule has 2 rings (SSSR count). The predicted octanol–water partition coefficient (Wildman–Crippen LogP) is 1.73. The van der Waals surface area contributed by atoms with Gasteiger partial charge in [0.15, 0.2) is 0 Å². The van der Waals surface area contributed by atoms with Crippen LogP contribution in [-0.2, 0) is 15.7 Å². The molecule has 2 heterocycles. The van der Waals surface area contributed by atoms with E-state index in [4.69, 9.17) is 18.9 Å². The summed E-state index contributed by atoms with van der Waals surface area (Å²) in [6.45, 7) is 4.21. The second-order valence-corrected chi connectivity index (χ2v) is 5.17. The predicted molar refractivity (Wildman–Crippen MR) is 71.7 cm³/mol. The van der Waals surface area contributed by atoms with E-state index in [-0.39, 0.29) is 5.59 Å². The van der Waals surface area contributed by atoms with E-state index in [2.05, 4.69) is 9.97 Å². The molecule has 98 valence electrons. The molecule has 0 unspecified atom stereocenters. The van der Waals surface area contributed by atoms with Gasteiger partial charge < -0.3 is 9.31 Å². The van der Waals surface area contributed by atoms with E-state index < -0.39 is 43.6 Å². The Morgan fingerprint density at radius 2 is 1.94 bits per heavy atom. The maximum atomic E-state index is 8.00. The number of aryl methyl sites for hydroxylation is 1. The van der Waals surface area contributed by atoms with Gasteiger partial charge >= 0.3 is 7.12 Å². The van der Waals surface area contributed by atoms with Gasteiger partial charge in [-0.3, -0.25) is 9.97 Å². The first-order chi connectivity index (χ1) is 11.0. The highest BCUT2D eigenvalue weighted by molar-refractivity contribution is 6.61. The molecule has 0 saturated carbocycles. The molecule has 0 aliphatic carbocycles. The van der Waals surface area contributed by atoms with Gasteiger partial charge in [0.1, 0.15) is 0 Å². The number of hydrogen-bond acceptors (Lipinski definition) is 4. The third kappa shape index (κ3) is 2.42. The lowest BCUT2D eigenvalue weighted by Crippen LogP contribution is -2.41. The minimum absolute atomic E-state index is 0.154. The van der Waals surface area contributed by atoms with Crippen molar-refractivity contribution >= 4 is 12.7 Å². The van der Waals surface area contributed by atoms with E-state index in [1.54, 1.807) is 0 Å². The van der Waals surface area contributed by atoms with E-state index >= 15 is 0 Å². The monoisotopic (exact) mass is 255 g/mol. The highest BCUT2D eigenvalue weighted by Gasteiger charge is 2.52. The first kappa shape index (κ1) is 7.01. The summed E-state index contributed by atoms with van der Waals surface area (Å²) in [5.41, 5.74) is -1.55. The van der Waals surface area contributed by atoms with Gasteiger partial charge in [0.2, 0.25) is 0 Å². The van der Waals surface area contributed by atoms with Crippen LogP contribution in [0.2, 0.25) is 0 Å². The molecule has 5 heteroatoms. The lowest BCUT2D eigenvalue weighted by molar-refractivity contribution is 0.00578. The normalized spacial score (nSPS) is 29.3. The third-order valence-corrected chi connectivity index (χ3v) is 3.34. The molecule has 0 atom stereocenters. The molecule has 0 amide bonds. The van der Waals surface area contributed by atoms with Gasteiger partial charge in [0.25, 0.3) is 0 Å². The van der Waals surface area contributed by atoms with Crippen LogP contribution < -0.4 is 5.59 Å². The van der Waals surface area contributed by atoms with E-state index in [1.165, 1.54) is 6.20 Å². The SMILES string of the molecule is [2H]C([2H])([2H])C([2H])([2H])C([2H])([2H])c1cncc(B2OC(C)(C)C(C)(C)O2)n1. The second-order valence-electron chi connectivity index (χ2n) is 5.17. The number of aromatic nitrogens is 2. The second kappa shape index (κ2) is 4.63. The van der Waals surface area contributed by atoms with Crippen molar-refractivity contribution in [2.24, 2.45) is 0 Å². The van der Waals surface area contributed by atoms with Crippen LogP contribution in [0, 0.1) is 0 Å². The molecule has 0 bridgehead atoms. The van der Waals surface area contributed by atoms with E-state index in [0.717, 1.165) is 6.20 Å². The van der Waals surface area contributed by atoms with Crippen molar-refractivity contribution in [3.05, 3.63) is 18.1 Å². The lowest BCUT2D eigenvalue weighted by Gasteiger charge is -2.32. The Morgan fingerprint density at radius 3 is 2.56 bits per heavy atom. The van der Waals surface area contributed by atoms with Crippen molar-refractivity contribution in [2.45, 2.75) is 58.5 Å². The van der Waals surface area contributed by atoms with E-state index in [1.807, 2.05) is 27.7 Å². The smallest absolute Gasteiger partial charge is 0.398 e. The maximum Gasteiger partial charge on any atom is 0.516 e. The van der Waals surface area contributed by atoms with Crippen molar-refractivity contribution in [2.75, 3.05) is 0 Å². The topological polar surface area (TPSA) is 44.2 Å². The Kier molecular flexibility index (Phi) is 1.80. The van der Waals surface area contributed by atoms with Crippen LogP contribution in [0.3, 0.4) is 0 Å². The summed E-state index contributed by atoms with van der Waals surface area (Å²) in [5.74, 6) is 0. The standard InChI is InChI=1S/C13H21BN2O2/c1-6-7-10-8-15-9-11(16-10)14-17-12(2,3)13(4,5)18-14/h8-9H,6-7H2,1-5H3/i1D3,6D2,7D2. The minimum atomic E-state index is -3.17. The van der Waals surface area contributed by atoms with E-state index in [0.29, 0.717) is 0 Å². The van der Waals surface area contributed by atoms with Crippen molar-refractivity contribution < 1.29 is 18.9 Å². The van der Waals surface area contributed by atoms with Crippen LogP contribution >= 0.6 is 0 Å². The molecule has 1 saturated heterocycles. The molecule has 0 aromatic carbocycles. The Morgan fingerprint density at radius 1 is 1.28 bits per heavy atom. The van der Waals surface area contributed by atoms with Crippen LogP contribution in [0.1, 0.15) is 56.2 Å². The first-order valence-electron chi connectivity index (χ1n) is 9.21. The van der Waals surface area contributed by atoms with Crippen molar-refractivity contribution in [3.8, 4) is 0 Å². The molecule has 4 nitrogen and oxygen atoms in total. The summed E-state index contributed by atoms with van der Waals surface area (Å²) < 4.78 is 64.9. The molecule has 1 fully saturated rings. The van der Waals surface area contributed by atoms with Crippen LogP contribution in [-0.4, -0.2) is 28.3 Å². The Hall–Kier alpha value is -0.935. The van der Waals surface area contributed by atoms with Gasteiger partial charge in [0, 0.05) is 22.0 Å². The highest BCUT2D eigenvalue weighted by Crippen LogP contribution is 2.36. The molecule has 1 aliphatic heterocycles. The summed E-state index contributed by atoms with van der Waals surface area (Å²) in [4.78, 5) is 7.93. The molecular weight excluding hydrogens is 227 g/mol. The van der Waals surface area contributed by atoms with Gasteiger partial charge in [-0.1, -0.05) is 13.2 Å². The van der Waals surface area contributed by atoms with Crippen molar-refractivity contribution in [3.63, 3.8) is 0 Å². The van der Waals surface area contributed by atoms with E-state index in [9.17, 15) is 0 Å². The van der Waals surface area contributed by atoms with Gasteiger partial charge in [-0.2, -0.15) is 0 Å². The molecule has 0 N–H and O–H groups in total. The molecule has 0 radical (unpaired) electrons. The van der Waals surface area contributed by atoms with Gasteiger partial charge in [-0.15, -0.1) is 0 Å². The van der Waals surface area contributed by atoms with Crippen molar-refractivity contribution in [1.29, 1.82) is 0 Å². The van der Waals surface area contributed by atoms with Crippen LogP contribution in [0.5, 0.6) is 0 Å². The molecule has 1 aliphatic rings. The molecule has 0 spiro atoms. The Bertz CT molecular complexity index is 648. The van der Waals surface area contributed by atoms with Crippen LogP contribution in [0.15, 0.2) is 12.4 Å². The lowest BCUT2D eigenvalue weighted by atomic mass is 9.85. The summed E-state index contributed by atoms with van der Waals surface area (Å²) in [5, 5.41) is 0. The van der Waals surface area contributed by atoms with Crippen molar-refractivity contribution in [1.82, 2.24) is 9.97 Å². The minimum Gasteiger partial charge on any atom is -0.398 e. The van der Waals surface area contributed by atoms with Crippen LogP contribution in [0.4, 0.5) is 0 Å². The van der Waals surface area contributed by atoms with Crippen LogP contribution in [0.25, 0.3) is 0 Å². The number of hydrogen-bond donors (Lipinski definition) is 0. The zero-order valence-corrected chi connectivity index (χ0v) is 10.9. The summed E-state index contributed by atoms with van der Waals surface area (Å²) >= 11 is 0. The average Bonchev–Trinajstić information content (AvgIpc) is 2.66. The zero-order valence-electron chi connectivity index (χ0n) is 17.9. The molecule has 1 aromatic rings. The molecular formula is C13H21BN2O2. The highest BCUT2D eigenvalue weighted by atomic mass is 16.7. The Balaban J connectivity index is 2.41. The fourth-order valence-corrected chi connectivity index (χ4v) is 1.58. The zero-order chi connectivity index (χ0) is 19.5. The fraction of sp³-hybridized carbons (Fsp3) is 0.692. The fourth-order valence-electron chi connectivity index (χ4n) is 1.58. The quantitative estimate of drug-likeness (QED) is 0.771. The summed E-state index contributed by atoms with van der Waals surface area (Å²) in [6.07, 6.45) is -3.70. The Labute approximate surface area is 119 Å². The third-order valence-electron chi connectivity index (χ3n) is 3.34. The largest absolute Gasteiger partial charge is 0.516 e. The molecule has 1 aromatic heterocycles. The molecule has 18 heavy (non-hydrogen) atoms. The summed E-state index contributed by atoms with van der Waals surface area (Å²) in [7, 11) is -0.910.